The van der Waals surface area contributed by atoms with E-state index in [0.717, 1.165) is 11.8 Å². The fourth-order valence-electron chi connectivity index (χ4n) is 4.45. The molecule has 0 aromatic heterocycles. The van der Waals surface area contributed by atoms with E-state index in [1.807, 2.05) is 0 Å². The van der Waals surface area contributed by atoms with Crippen LogP contribution in [0, 0.1) is 17.3 Å². The van der Waals surface area contributed by atoms with E-state index in [-0.39, 0.29) is 5.60 Å². The molecule has 0 unspecified atom stereocenters. The van der Waals surface area contributed by atoms with Gasteiger partial charge in [0.1, 0.15) is 5.60 Å². The number of epoxide rings is 1. The van der Waals surface area contributed by atoms with Gasteiger partial charge in [-0.2, -0.15) is 0 Å². The van der Waals surface area contributed by atoms with Gasteiger partial charge in [0, 0.05) is 5.41 Å². The van der Waals surface area contributed by atoms with Gasteiger partial charge < -0.3 is 4.74 Å². The van der Waals surface area contributed by atoms with Gasteiger partial charge in [-0.05, 0) is 50.9 Å². The SMILES string of the molecule is C=C(C)[C@@H]1CC[C@]23O[C@H]2CC[C@@H](C)[C@]3(C)C1. The predicted molar refractivity (Wildman–Crippen MR) is 66.3 cm³/mol. The molecular weight excluding hydrogens is 196 g/mol. The van der Waals surface area contributed by atoms with E-state index in [1.165, 1.54) is 37.7 Å². The van der Waals surface area contributed by atoms with Gasteiger partial charge in [-0.25, -0.2) is 0 Å². The number of allylic oxidation sites excluding steroid dienone is 1. The maximum Gasteiger partial charge on any atom is 0.100 e. The quantitative estimate of drug-likeness (QED) is 0.482. The Kier molecular flexibility index (Phi) is 2.12. The molecule has 1 heteroatoms. The Morgan fingerprint density at radius 2 is 2.06 bits per heavy atom. The highest BCUT2D eigenvalue weighted by molar-refractivity contribution is 5.21. The second-order valence-corrected chi connectivity index (χ2v) is 6.68. The van der Waals surface area contributed by atoms with Crippen molar-refractivity contribution in [3.63, 3.8) is 0 Å². The number of rotatable bonds is 1. The summed E-state index contributed by atoms with van der Waals surface area (Å²) in [7, 11) is 0. The molecule has 1 spiro atoms. The normalized spacial score (nSPS) is 55.1. The Morgan fingerprint density at radius 3 is 2.75 bits per heavy atom. The van der Waals surface area contributed by atoms with Crippen LogP contribution in [-0.2, 0) is 4.74 Å². The van der Waals surface area contributed by atoms with Crippen LogP contribution >= 0.6 is 0 Å². The zero-order valence-corrected chi connectivity index (χ0v) is 10.9. The summed E-state index contributed by atoms with van der Waals surface area (Å²) >= 11 is 0. The first-order chi connectivity index (χ1) is 7.49. The molecule has 0 amide bonds. The van der Waals surface area contributed by atoms with Crippen LogP contribution in [0.2, 0.25) is 0 Å². The molecule has 2 saturated carbocycles. The average molecular weight is 220 g/mol. The fraction of sp³-hybridized carbons (Fsp3) is 0.867. The Bertz CT molecular complexity index is 334. The summed E-state index contributed by atoms with van der Waals surface area (Å²) in [5.74, 6) is 1.55. The first kappa shape index (κ1) is 10.8. The molecule has 1 nitrogen and oxygen atoms in total. The minimum Gasteiger partial charge on any atom is -0.365 e. The molecule has 16 heavy (non-hydrogen) atoms. The van der Waals surface area contributed by atoms with Crippen LogP contribution < -0.4 is 0 Å². The molecule has 1 heterocycles. The molecule has 1 aliphatic heterocycles. The number of hydrogen-bond donors (Lipinski definition) is 0. The molecule has 0 aromatic carbocycles. The molecule has 0 bridgehead atoms. The van der Waals surface area contributed by atoms with Crippen molar-refractivity contribution in [3.8, 4) is 0 Å². The predicted octanol–water partition coefficient (Wildman–Crippen LogP) is 3.94. The second kappa shape index (κ2) is 3.13. The van der Waals surface area contributed by atoms with Crippen LogP contribution in [0.3, 0.4) is 0 Å². The molecule has 5 atom stereocenters. The lowest BCUT2D eigenvalue weighted by Crippen LogP contribution is -2.50. The molecule has 0 aromatic rings. The summed E-state index contributed by atoms with van der Waals surface area (Å²) in [6, 6.07) is 0. The topological polar surface area (TPSA) is 12.5 Å². The van der Waals surface area contributed by atoms with Crippen molar-refractivity contribution < 1.29 is 4.74 Å². The zero-order chi connectivity index (χ0) is 11.6. The number of hydrogen-bond acceptors (Lipinski definition) is 1. The molecule has 3 fully saturated rings. The lowest BCUT2D eigenvalue weighted by atomic mass is 9.53. The minimum absolute atomic E-state index is 0.274. The van der Waals surface area contributed by atoms with Crippen LogP contribution in [0.15, 0.2) is 12.2 Å². The third kappa shape index (κ3) is 1.16. The van der Waals surface area contributed by atoms with E-state index in [4.69, 9.17) is 4.74 Å². The van der Waals surface area contributed by atoms with E-state index in [9.17, 15) is 0 Å². The van der Waals surface area contributed by atoms with Crippen molar-refractivity contribution in [2.24, 2.45) is 17.3 Å². The summed E-state index contributed by atoms with van der Waals surface area (Å²) in [4.78, 5) is 0. The standard InChI is InChI=1S/C15H24O/c1-10(2)12-7-8-15-13(16-15)6-5-11(3)14(15,4)9-12/h11-13H,1,5-9H2,2-4H3/t11-,12-,13+,14+,15+/m1/s1. The first-order valence-corrected chi connectivity index (χ1v) is 6.83. The molecular formula is C15H24O. The van der Waals surface area contributed by atoms with E-state index in [0.29, 0.717) is 11.5 Å². The van der Waals surface area contributed by atoms with Crippen LogP contribution in [0.4, 0.5) is 0 Å². The van der Waals surface area contributed by atoms with Gasteiger partial charge in [-0.15, -0.1) is 0 Å². The Labute approximate surface area is 99.3 Å². The maximum atomic E-state index is 6.14. The lowest BCUT2D eigenvalue weighted by Gasteiger charge is -2.50. The molecule has 3 aliphatic rings. The van der Waals surface area contributed by atoms with Crippen LogP contribution in [0.25, 0.3) is 0 Å². The molecule has 0 N–H and O–H groups in total. The highest BCUT2D eigenvalue weighted by atomic mass is 16.6. The Hall–Kier alpha value is -0.300. The van der Waals surface area contributed by atoms with Gasteiger partial charge in [0.25, 0.3) is 0 Å². The van der Waals surface area contributed by atoms with Crippen LogP contribution in [-0.4, -0.2) is 11.7 Å². The van der Waals surface area contributed by atoms with Crippen LogP contribution in [0.5, 0.6) is 0 Å². The van der Waals surface area contributed by atoms with Gasteiger partial charge in [-0.1, -0.05) is 26.0 Å². The average Bonchev–Trinajstić information content (AvgIpc) is 2.94. The third-order valence-corrected chi connectivity index (χ3v) is 5.96. The van der Waals surface area contributed by atoms with E-state index < -0.39 is 0 Å². The van der Waals surface area contributed by atoms with E-state index in [1.54, 1.807) is 0 Å². The Balaban J connectivity index is 1.90. The van der Waals surface area contributed by atoms with Crippen molar-refractivity contribution in [2.75, 3.05) is 0 Å². The summed E-state index contributed by atoms with van der Waals surface area (Å²) < 4.78 is 6.14. The largest absolute Gasteiger partial charge is 0.365 e. The second-order valence-electron chi connectivity index (χ2n) is 6.68. The summed E-state index contributed by atoms with van der Waals surface area (Å²) in [6.07, 6.45) is 7.13. The minimum atomic E-state index is 0.274. The van der Waals surface area contributed by atoms with Crippen molar-refractivity contribution >= 4 is 0 Å². The zero-order valence-electron chi connectivity index (χ0n) is 10.9. The fourth-order valence-corrected chi connectivity index (χ4v) is 4.45. The van der Waals surface area contributed by atoms with Gasteiger partial charge >= 0.3 is 0 Å². The van der Waals surface area contributed by atoms with Gasteiger partial charge in [0.15, 0.2) is 0 Å². The highest BCUT2D eigenvalue weighted by Gasteiger charge is 2.71. The van der Waals surface area contributed by atoms with Crippen LogP contribution in [0.1, 0.15) is 52.9 Å². The van der Waals surface area contributed by atoms with Gasteiger partial charge in [0.05, 0.1) is 6.10 Å². The smallest absolute Gasteiger partial charge is 0.100 e. The highest BCUT2D eigenvalue weighted by Crippen LogP contribution is 2.67. The molecule has 2 aliphatic carbocycles. The molecule has 3 rings (SSSR count). The molecule has 0 radical (unpaired) electrons. The monoisotopic (exact) mass is 220 g/mol. The summed E-state index contributed by atoms with van der Waals surface area (Å²) in [5, 5.41) is 0. The van der Waals surface area contributed by atoms with E-state index >= 15 is 0 Å². The molecule has 1 saturated heterocycles. The van der Waals surface area contributed by atoms with E-state index in [2.05, 4.69) is 27.4 Å². The third-order valence-electron chi connectivity index (χ3n) is 5.96. The summed E-state index contributed by atoms with van der Waals surface area (Å²) in [6.45, 7) is 11.3. The Morgan fingerprint density at radius 1 is 1.31 bits per heavy atom. The van der Waals surface area contributed by atoms with Crippen molar-refractivity contribution in [1.82, 2.24) is 0 Å². The van der Waals surface area contributed by atoms with Crippen molar-refractivity contribution in [1.29, 1.82) is 0 Å². The maximum absolute atomic E-state index is 6.14. The number of ether oxygens (including phenoxy) is 1. The molecule has 90 valence electrons. The van der Waals surface area contributed by atoms with Gasteiger partial charge in [-0.3, -0.25) is 0 Å². The lowest BCUT2D eigenvalue weighted by molar-refractivity contribution is -0.00642. The van der Waals surface area contributed by atoms with Crippen molar-refractivity contribution in [3.05, 3.63) is 12.2 Å². The first-order valence-electron chi connectivity index (χ1n) is 6.83. The van der Waals surface area contributed by atoms with Crippen molar-refractivity contribution in [2.45, 2.75) is 64.6 Å². The summed E-state index contributed by atoms with van der Waals surface area (Å²) in [5.41, 5.74) is 2.07. The van der Waals surface area contributed by atoms with Gasteiger partial charge in [0.2, 0.25) is 0 Å².